The first kappa shape index (κ1) is 19.5. The summed E-state index contributed by atoms with van der Waals surface area (Å²) in [4.78, 5) is 12.1. The van der Waals surface area contributed by atoms with E-state index in [9.17, 15) is 13.6 Å². The highest BCUT2D eigenvalue weighted by Crippen LogP contribution is 2.44. The highest BCUT2D eigenvalue weighted by atomic mass is 19.1. The summed E-state index contributed by atoms with van der Waals surface area (Å²) in [5, 5.41) is 2.50. The minimum absolute atomic E-state index is 0.0395. The van der Waals surface area contributed by atoms with E-state index in [1.54, 1.807) is 0 Å². The van der Waals surface area contributed by atoms with Gasteiger partial charge in [0.15, 0.2) is 0 Å². The fourth-order valence-electron chi connectivity index (χ4n) is 3.62. The van der Waals surface area contributed by atoms with Gasteiger partial charge in [0.1, 0.15) is 18.2 Å². The van der Waals surface area contributed by atoms with E-state index in [1.807, 2.05) is 36.4 Å². The van der Waals surface area contributed by atoms with Gasteiger partial charge in [-0.25, -0.2) is 13.6 Å². The second-order valence-corrected chi connectivity index (χ2v) is 6.83. The Hall–Kier alpha value is -3.85. The molecule has 1 amide bonds. The van der Waals surface area contributed by atoms with Crippen molar-refractivity contribution < 1.29 is 18.3 Å². The fraction of sp³-hybridized carbons (Fsp3) is 0.125. The summed E-state index contributed by atoms with van der Waals surface area (Å²) in [5.41, 5.74) is 9.89. The number of amides is 1. The van der Waals surface area contributed by atoms with Crippen LogP contribution in [0.15, 0.2) is 60.7 Å². The van der Waals surface area contributed by atoms with E-state index in [0.717, 1.165) is 28.3 Å². The molecule has 0 spiro atoms. The van der Waals surface area contributed by atoms with Crippen LogP contribution in [0.5, 0.6) is 0 Å². The Morgan fingerprint density at radius 3 is 2.30 bits per heavy atom. The van der Waals surface area contributed by atoms with Gasteiger partial charge >= 0.3 is 6.09 Å². The molecule has 0 radical (unpaired) electrons. The number of ether oxygens (including phenoxy) is 1. The molecule has 0 atom stereocenters. The Bertz CT molecular complexity index is 1110. The summed E-state index contributed by atoms with van der Waals surface area (Å²) < 4.78 is 32.1. The largest absolute Gasteiger partial charge is 0.449 e. The lowest BCUT2D eigenvalue weighted by Gasteiger charge is -2.14. The second kappa shape index (κ2) is 8.26. The molecule has 150 valence electrons. The Morgan fingerprint density at radius 1 is 1.03 bits per heavy atom. The van der Waals surface area contributed by atoms with Gasteiger partial charge in [-0.3, -0.25) is 0 Å². The van der Waals surface area contributed by atoms with E-state index in [4.69, 9.17) is 10.5 Å². The monoisotopic (exact) mass is 404 g/mol. The minimum atomic E-state index is -0.846. The summed E-state index contributed by atoms with van der Waals surface area (Å²) >= 11 is 0. The number of nitrogen functional groups attached to an aromatic ring is 1. The number of halogens is 2. The number of carbonyl (C=O) groups excluding carboxylic acids is 1. The molecule has 1 aliphatic carbocycles. The maximum Gasteiger partial charge on any atom is 0.407 e. The van der Waals surface area contributed by atoms with Crippen molar-refractivity contribution in [3.63, 3.8) is 0 Å². The Balaban J connectivity index is 1.37. The summed E-state index contributed by atoms with van der Waals surface area (Å²) in [5.74, 6) is 3.43. The summed E-state index contributed by atoms with van der Waals surface area (Å²) in [7, 11) is 0. The predicted molar refractivity (Wildman–Crippen MR) is 111 cm³/mol. The SMILES string of the molecule is Nc1cc(F)cc(F)c1C#CCNC(=O)OCC1c2ccccc2-c2ccccc21. The zero-order valence-electron chi connectivity index (χ0n) is 15.9. The van der Waals surface area contributed by atoms with Crippen LogP contribution in [0.3, 0.4) is 0 Å². The Labute approximate surface area is 172 Å². The maximum absolute atomic E-state index is 13.7. The normalized spacial score (nSPS) is 11.8. The van der Waals surface area contributed by atoms with Crippen LogP contribution < -0.4 is 11.1 Å². The molecule has 1 aliphatic rings. The van der Waals surface area contributed by atoms with Gasteiger partial charge in [-0.15, -0.1) is 0 Å². The molecule has 0 aliphatic heterocycles. The standard InChI is InChI=1S/C24H18F2N2O2/c25-15-12-22(26)20(23(27)13-15)10-5-11-28-24(29)30-14-21-18-8-3-1-6-16(18)17-7-2-4-9-19(17)21/h1-4,6-9,12-13,21H,11,14,27H2,(H,28,29). The van der Waals surface area contributed by atoms with Crippen molar-refractivity contribution in [3.8, 4) is 23.0 Å². The maximum atomic E-state index is 13.7. The number of fused-ring (bicyclic) bond motifs is 3. The first-order valence-corrected chi connectivity index (χ1v) is 9.37. The summed E-state index contributed by atoms with van der Waals surface area (Å²) in [6.07, 6.45) is -0.626. The van der Waals surface area contributed by atoms with Crippen molar-refractivity contribution in [2.45, 2.75) is 5.92 Å². The molecule has 4 nitrogen and oxygen atoms in total. The Morgan fingerprint density at radius 2 is 1.67 bits per heavy atom. The molecule has 3 aromatic rings. The third-order valence-electron chi connectivity index (χ3n) is 4.96. The van der Waals surface area contributed by atoms with Crippen LogP contribution in [0.1, 0.15) is 22.6 Å². The third-order valence-corrected chi connectivity index (χ3v) is 4.96. The third kappa shape index (κ3) is 3.83. The van der Waals surface area contributed by atoms with Gasteiger partial charge in [-0.05, 0) is 28.3 Å². The van der Waals surface area contributed by atoms with Gasteiger partial charge in [0, 0.05) is 12.0 Å². The van der Waals surface area contributed by atoms with Crippen LogP contribution in [0.4, 0.5) is 19.3 Å². The predicted octanol–water partition coefficient (Wildman–Crippen LogP) is 4.44. The number of nitrogens with one attached hydrogen (secondary N) is 1. The molecular formula is C24H18F2N2O2. The van der Waals surface area contributed by atoms with Crippen LogP contribution in [0.2, 0.25) is 0 Å². The van der Waals surface area contributed by atoms with Gasteiger partial charge in [-0.1, -0.05) is 60.4 Å². The van der Waals surface area contributed by atoms with Crippen molar-refractivity contribution in [2.24, 2.45) is 0 Å². The van der Waals surface area contributed by atoms with Crippen LogP contribution in [0.25, 0.3) is 11.1 Å². The molecule has 4 rings (SSSR count). The lowest BCUT2D eigenvalue weighted by Crippen LogP contribution is -2.26. The number of benzene rings is 3. The minimum Gasteiger partial charge on any atom is -0.449 e. The van der Waals surface area contributed by atoms with Crippen molar-refractivity contribution in [2.75, 3.05) is 18.9 Å². The molecule has 3 N–H and O–H groups in total. The van der Waals surface area contributed by atoms with Crippen molar-refractivity contribution >= 4 is 11.8 Å². The van der Waals surface area contributed by atoms with Gasteiger partial charge in [0.25, 0.3) is 0 Å². The molecule has 0 fully saturated rings. The van der Waals surface area contributed by atoms with Gasteiger partial charge < -0.3 is 15.8 Å². The number of anilines is 1. The van der Waals surface area contributed by atoms with Crippen LogP contribution >= 0.6 is 0 Å². The van der Waals surface area contributed by atoms with Crippen molar-refractivity contribution in [1.29, 1.82) is 0 Å². The molecule has 3 aromatic carbocycles. The molecule has 0 bridgehead atoms. The average molecular weight is 404 g/mol. The lowest BCUT2D eigenvalue weighted by molar-refractivity contribution is 0.144. The zero-order chi connectivity index (χ0) is 21.1. The number of nitrogens with two attached hydrogens (primary N) is 1. The molecule has 0 saturated heterocycles. The molecule has 0 unspecified atom stereocenters. The topological polar surface area (TPSA) is 64.3 Å². The lowest BCUT2D eigenvalue weighted by atomic mass is 9.98. The van der Waals surface area contributed by atoms with E-state index in [1.165, 1.54) is 0 Å². The number of hydrogen-bond donors (Lipinski definition) is 2. The first-order chi connectivity index (χ1) is 14.5. The quantitative estimate of drug-likeness (QED) is 0.501. The van der Waals surface area contributed by atoms with E-state index in [2.05, 4.69) is 29.3 Å². The summed E-state index contributed by atoms with van der Waals surface area (Å²) in [6, 6.07) is 17.8. The van der Waals surface area contributed by atoms with E-state index in [-0.39, 0.29) is 30.3 Å². The highest BCUT2D eigenvalue weighted by molar-refractivity contribution is 5.79. The van der Waals surface area contributed by atoms with Crippen molar-refractivity contribution in [3.05, 3.63) is 89.0 Å². The number of alkyl carbamates (subject to hydrolysis) is 1. The molecular weight excluding hydrogens is 386 g/mol. The van der Waals surface area contributed by atoms with Gasteiger partial charge in [-0.2, -0.15) is 0 Å². The number of carbonyl (C=O) groups is 1. The smallest absolute Gasteiger partial charge is 0.407 e. The van der Waals surface area contributed by atoms with E-state index < -0.39 is 17.7 Å². The van der Waals surface area contributed by atoms with Crippen LogP contribution in [0, 0.1) is 23.5 Å². The van der Waals surface area contributed by atoms with Crippen LogP contribution in [-0.4, -0.2) is 19.2 Å². The Kier molecular flexibility index (Phi) is 5.36. The molecule has 0 heterocycles. The molecule has 0 aromatic heterocycles. The summed E-state index contributed by atoms with van der Waals surface area (Å²) in [6.45, 7) is 0.125. The van der Waals surface area contributed by atoms with Gasteiger partial charge in [0.05, 0.1) is 17.8 Å². The molecule has 0 saturated carbocycles. The fourth-order valence-corrected chi connectivity index (χ4v) is 3.62. The number of hydrogen-bond acceptors (Lipinski definition) is 3. The first-order valence-electron chi connectivity index (χ1n) is 9.37. The molecule has 30 heavy (non-hydrogen) atoms. The van der Waals surface area contributed by atoms with E-state index >= 15 is 0 Å². The van der Waals surface area contributed by atoms with Crippen LogP contribution in [-0.2, 0) is 4.74 Å². The van der Waals surface area contributed by atoms with Crippen molar-refractivity contribution in [1.82, 2.24) is 5.32 Å². The number of rotatable bonds is 3. The zero-order valence-corrected chi connectivity index (χ0v) is 15.9. The highest BCUT2D eigenvalue weighted by Gasteiger charge is 2.28. The average Bonchev–Trinajstić information content (AvgIpc) is 3.05. The second-order valence-electron chi connectivity index (χ2n) is 6.83. The molecule has 6 heteroatoms. The van der Waals surface area contributed by atoms with E-state index in [0.29, 0.717) is 6.07 Å². The van der Waals surface area contributed by atoms with Gasteiger partial charge in [0.2, 0.25) is 0 Å².